The smallest absolute Gasteiger partial charge is 0.263 e. The molecule has 0 heterocycles. The van der Waals surface area contributed by atoms with Crippen molar-refractivity contribution in [3.63, 3.8) is 0 Å². The molecule has 0 aromatic carbocycles. The predicted octanol–water partition coefficient (Wildman–Crippen LogP) is 1.99. The Morgan fingerprint density at radius 3 is 1.20 bits per heavy atom. The summed E-state index contributed by atoms with van der Waals surface area (Å²) in [5.74, 6) is 0. The second kappa shape index (κ2) is 9.14. The molecule has 0 bridgehead atoms. The Labute approximate surface area is 153 Å². The maximum atomic E-state index is 11.4. The van der Waals surface area contributed by atoms with Gasteiger partial charge >= 0.3 is 0 Å². The van der Waals surface area contributed by atoms with Gasteiger partial charge < -0.3 is 0 Å². The largest absolute Gasteiger partial charge is 0.264 e. The van der Waals surface area contributed by atoms with Crippen molar-refractivity contribution < 1.29 is 25.2 Å². The molecule has 20 heavy (non-hydrogen) atoms. The van der Waals surface area contributed by atoms with Crippen molar-refractivity contribution in [3.8, 4) is 0 Å². The Bertz CT molecular complexity index is 447. The Kier molecular flexibility index (Phi) is 9.93. The molecular weight excluding hydrogens is 576 g/mol. The average Bonchev–Trinajstić information content (AvgIpc) is 2.29. The first-order chi connectivity index (χ1) is 8.91. The number of hydrogen-bond acceptors (Lipinski definition) is 6. The quantitative estimate of drug-likeness (QED) is 0.302. The normalized spacial score (nSPS) is 19.3. The van der Waals surface area contributed by atoms with Gasteiger partial charge in [-0.15, -0.1) is 0 Å². The van der Waals surface area contributed by atoms with Gasteiger partial charge in [-0.05, 0) is 0 Å². The van der Waals surface area contributed by atoms with Crippen LogP contribution in [0.4, 0.5) is 0 Å². The summed E-state index contributed by atoms with van der Waals surface area (Å²) in [6.07, 6.45) is -0.270. The zero-order chi connectivity index (χ0) is 16.1. The van der Waals surface area contributed by atoms with Gasteiger partial charge in [0.2, 0.25) is 0 Å². The van der Waals surface area contributed by atoms with Gasteiger partial charge in [-0.3, -0.25) is 8.37 Å². The van der Waals surface area contributed by atoms with Crippen LogP contribution in [0.1, 0.15) is 0 Å². The molecule has 6 nitrogen and oxygen atoms in total. The van der Waals surface area contributed by atoms with Gasteiger partial charge in [-0.25, -0.2) is 0 Å². The first-order valence-corrected chi connectivity index (χ1v) is 12.8. The summed E-state index contributed by atoms with van der Waals surface area (Å²) in [4.78, 5) is -0.939. The topological polar surface area (TPSA) is 86.7 Å². The fourth-order valence-corrected chi connectivity index (χ4v) is 4.36. The highest BCUT2D eigenvalue weighted by molar-refractivity contribution is 9.12. The Morgan fingerprint density at radius 2 is 1.05 bits per heavy atom. The standard InChI is InChI=1S/C8H14Br4O6S2/c1-19(13,14)17-7(5(11)3-9)8(6(12)4-10)18-20(2,15)16/h5-8H,3-4H2,1-2H3/t5-,6-,7-,8+/m1/s1. The molecule has 122 valence electrons. The first-order valence-electron chi connectivity index (χ1n) is 5.08. The third-order valence-corrected chi connectivity index (χ3v) is 7.87. The maximum absolute atomic E-state index is 11.4. The summed E-state index contributed by atoms with van der Waals surface area (Å²) in [5.41, 5.74) is 0. The van der Waals surface area contributed by atoms with E-state index in [-0.39, 0.29) is 0 Å². The van der Waals surface area contributed by atoms with Crippen LogP contribution in [-0.4, -0.2) is 61.9 Å². The fraction of sp³-hybridized carbons (Fsp3) is 1.00. The molecule has 0 aliphatic heterocycles. The highest BCUT2D eigenvalue weighted by Crippen LogP contribution is 2.27. The van der Waals surface area contributed by atoms with E-state index in [1.165, 1.54) is 0 Å². The van der Waals surface area contributed by atoms with E-state index >= 15 is 0 Å². The van der Waals surface area contributed by atoms with Crippen molar-refractivity contribution in [2.24, 2.45) is 0 Å². The van der Waals surface area contributed by atoms with E-state index in [4.69, 9.17) is 8.37 Å². The molecule has 0 saturated heterocycles. The van der Waals surface area contributed by atoms with E-state index in [1.54, 1.807) is 0 Å². The lowest BCUT2D eigenvalue weighted by Crippen LogP contribution is -2.46. The number of alkyl halides is 4. The summed E-state index contributed by atoms with van der Waals surface area (Å²) in [6.45, 7) is 0. The van der Waals surface area contributed by atoms with Gasteiger partial charge in [0.15, 0.2) is 0 Å². The molecule has 0 unspecified atom stereocenters. The van der Waals surface area contributed by atoms with Crippen molar-refractivity contribution in [2.45, 2.75) is 21.9 Å². The molecule has 12 heteroatoms. The summed E-state index contributed by atoms with van der Waals surface area (Å²) < 4.78 is 55.4. The fourth-order valence-electron chi connectivity index (χ4n) is 1.22. The molecule has 0 spiro atoms. The van der Waals surface area contributed by atoms with Crippen molar-refractivity contribution in [3.05, 3.63) is 0 Å². The molecule has 4 atom stereocenters. The van der Waals surface area contributed by atoms with Crippen molar-refractivity contribution >= 4 is 84.0 Å². The van der Waals surface area contributed by atoms with Crippen LogP contribution < -0.4 is 0 Å². The number of halogens is 4. The van der Waals surface area contributed by atoms with Crippen LogP contribution in [0.25, 0.3) is 0 Å². The molecule has 0 saturated carbocycles. The summed E-state index contributed by atoms with van der Waals surface area (Å²) in [5, 5.41) is 0.692. The molecule has 0 N–H and O–H groups in total. The summed E-state index contributed by atoms with van der Waals surface area (Å²) >= 11 is 12.9. The van der Waals surface area contributed by atoms with E-state index < -0.39 is 42.1 Å². The van der Waals surface area contributed by atoms with E-state index in [0.29, 0.717) is 10.7 Å². The van der Waals surface area contributed by atoms with Crippen molar-refractivity contribution in [1.29, 1.82) is 0 Å². The van der Waals surface area contributed by atoms with Crippen LogP contribution >= 0.6 is 63.7 Å². The third kappa shape index (κ3) is 9.01. The molecule has 0 aliphatic rings. The number of rotatable bonds is 9. The SMILES string of the molecule is CS(=O)(=O)O[C@H]([C@H](OS(C)(=O)=O)[C@H](Br)CBr)[C@H](Br)CBr. The van der Waals surface area contributed by atoms with Crippen molar-refractivity contribution in [2.75, 3.05) is 23.2 Å². The second-order valence-corrected chi connectivity index (χ2v) is 10.7. The van der Waals surface area contributed by atoms with Crippen LogP contribution in [0.15, 0.2) is 0 Å². The lowest BCUT2D eigenvalue weighted by molar-refractivity contribution is 0.0702. The zero-order valence-corrected chi connectivity index (χ0v) is 18.5. The molecule has 0 aromatic rings. The zero-order valence-electron chi connectivity index (χ0n) is 10.5. The van der Waals surface area contributed by atoms with Gasteiger partial charge in [0.1, 0.15) is 12.2 Å². The number of hydrogen-bond donors (Lipinski definition) is 0. The monoisotopic (exact) mass is 586 g/mol. The van der Waals surface area contributed by atoms with Gasteiger partial charge in [0, 0.05) is 10.7 Å². The molecule has 0 fully saturated rings. The average molecular weight is 590 g/mol. The molecule has 0 aliphatic carbocycles. The molecule has 0 rings (SSSR count). The molecule has 0 amide bonds. The van der Waals surface area contributed by atoms with Gasteiger partial charge in [-0.2, -0.15) is 16.8 Å². The Balaban J connectivity index is 5.49. The van der Waals surface area contributed by atoms with Gasteiger partial charge in [0.05, 0.1) is 22.2 Å². The minimum atomic E-state index is -3.78. The predicted molar refractivity (Wildman–Crippen MR) is 92.5 cm³/mol. The Morgan fingerprint density at radius 1 is 0.800 bits per heavy atom. The van der Waals surface area contributed by atoms with Gasteiger partial charge in [-0.1, -0.05) is 63.7 Å². The van der Waals surface area contributed by atoms with Crippen LogP contribution in [0.3, 0.4) is 0 Å². The summed E-state index contributed by atoms with van der Waals surface area (Å²) in [6, 6.07) is 0. The molecular formula is C8H14Br4O6S2. The third-order valence-electron chi connectivity index (χ3n) is 1.90. The second-order valence-electron chi connectivity index (χ2n) is 3.87. The lowest BCUT2D eigenvalue weighted by atomic mass is 10.1. The van der Waals surface area contributed by atoms with Crippen LogP contribution in [0.5, 0.6) is 0 Å². The van der Waals surface area contributed by atoms with E-state index in [1.807, 2.05) is 0 Å². The summed E-state index contributed by atoms with van der Waals surface area (Å²) in [7, 11) is -7.57. The Hall–Kier alpha value is 1.74. The highest BCUT2D eigenvalue weighted by atomic mass is 79.9. The van der Waals surface area contributed by atoms with E-state index in [9.17, 15) is 16.8 Å². The van der Waals surface area contributed by atoms with E-state index in [2.05, 4.69) is 63.7 Å². The first kappa shape index (κ1) is 21.7. The van der Waals surface area contributed by atoms with Crippen LogP contribution in [0.2, 0.25) is 0 Å². The highest BCUT2D eigenvalue weighted by Gasteiger charge is 2.38. The molecule has 0 aromatic heterocycles. The van der Waals surface area contributed by atoms with E-state index in [0.717, 1.165) is 12.5 Å². The van der Waals surface area contributed by atoms with Gasteiger partial charge in [0.25, 0.3) is 20.2 Å². The van der Waals surface area contributed by atoms with Crippen molar-refractivity contribution in [1.82, 2.24) is 0 Å². The molecule has 0 radical (unpaired) electrons. The van der Waals surface area contributed by atoms with Crippen LogP contribution in [-0.2, 0) is 28.6 Å². The minimum Gasteiger partial charge on any atom is -0.263 e. The maximum Gasteiger partial charge on any atom is 0.264 e. The minimum absolute atomic E-state index is 0.346. The lowest BCUT2D eigenvalue weighted by Gasteiger charge is -2.30. The van der Waals surface area contributed by atoms with Crippen LogP contribution in [0, 0.1) is 0 Å².